The number of likely N-dealkylation sites (tertiary alicyclic amines) is 1. The molecule has 1 saturated heterocycles. The van der Waals surface area contributed by atoms with Crippen LogP contribution in [0.1, 0.15) is 25.3 Å². The maximum absolute atomic E-state index is 14.1. The van der Waals surface area contributed by atoms with Crippen LogP contribution in [0.15, 0.2) is 23.2 Å². The summed E-state index contributed by atoms with van der Waals surface area (Å²) >= 11 is 0. The summed E-state index contributed by atoms with van der Waals surface area (Å²) in [5.74, 6) is -0.721. The Hall–Kier alpha value is -1.72. The van der Waals surface area contributed by atoms with Crippen molar-refractivity contribution in [2.24, 2.45) is 10.9 Å². The number of benzene rings is 1. The molecule has 0 radical (unpaired) electrons. The Labute approximate surface area is 179 Å². The van der Waals surface area contributed by atoms with Crippen molar-refractivity contribution in [3.05, 3.63) is 29.6 Å². The lowest BCUT2D eigenvalue weighted by molar-refractivity contribution is -0.146. The molecule has 0 atom stereocenters. The first kappa shape index (κ1) is 24.3. The fourth-order valence-corrected chi connectivity index (χ4v) is 2.97. The van der Waals surface area contributed by atoms with Gasteiger partial charge >= 0.3 is 12.6 Å². The van der Waals surface area contributed by atoms with Crippen molar-refractivity contribution in [1.82, 2.24) is 10.2 Å². The van der Waals surface area contributed by atoms with Crippen LogP contribution in [-0.4, -0.2) is 50.2 Å². The zero-order valence-corrected chi connectivity index (χ0v) is 18.1. The van der Waals surface area contributed by atoms with Crippen LogP contribution in [0.25, 0.3) is 0 Å². The molecule has 0 spiro atoms. The predicted molar refractivity (Wildman–Crippen MR) is 110 cm³/mol. The van der Waals surface area contributed by atoms with Crippen LogP contribution in [0.4, 0.5) is 13.2 Å². The van der Waals surface area contributed by atoms with E-state index >= 15 is 0 Å². The zero-order chi connectivity index (χ0) is 19.8. The van der Waals surface area contributed by atoms with Gasteiger partial charge in [0.15, 0.2) is 5.96 Å². The van der Waals surface area contributed by atoms with Gasteiger partial charge in [-0.25, -0.2) is 9.38 Å². The number of methoxy groups -OCH3 is 1. The molecule has 1 heterocycles. The second kappa shape index (κ2) is 12.0. The van der Waals surface area contributed by atoms with E-state index in [1.807, 2.05) is 11.8 Å². The molecule has 0 amide bonds. The zero-order valence-electron chi connectivity index (χ0n) is 15.8. The Kier molecular flexibility index (Phi) is 10.4. The largest absolute Gasteiger partial charge is 0.469 e. The van der Waals surface area contributed by atoms with E-state index in [1.54, 1.807) is 0 Å². The van der Waals surface area contributed by atoms with E-state index in [2.05, 4.69) is 15.0 Å². The average molecular weight is 515 g/mol. The van der Waals surface area contributed by atoms with Crippen molar-refractivity contribution in [3.63, 3.8) is 0 Å². The number of rotatable bonds is 6. The average Bonchev–Trinajstić information content (AvgIpc) is 2.65. The number of piperidine rings is 1. The Morgan fingerprint density at radius 1 is 1.36 bits per heavy atom. The highest BCUT2D eigenvalue weighted by atomic mass is 127. The molecule has 28 heavy (non-hydrogen) atoms. The molecule has 0 aromatic heterocycles. The van der Waals surface area contributed by atoms with E-state index in [1.165, 1.54) is 25.3 Å². The summed E-state index contributed by atoms with van der Waals surface area (Å²) in [7, 11) is 1.37. The maximum Gasteiger partial charge on any atom is 0.387 e. The maximum atomic E-state index is 14.1. The Morgan fingerprint density at radius 2 is 2.04 bits per heavy atom. The fourth-order valence-electron chi connectivity index (χ4n) is 2.97. The summed E-state index contributed by atoms with van der Waals surface area (Å²) in [6.45, 7) is 0.471. The first-order chi connectivity index (χ1) is 13.0. The number of alkyl halides is 2. The van der Waals surface area contributed by atoms with Gasteiger partial charge in [0, 0.05) is 19.6 Å². The second-order valence-corrected chi connectivity index (χ2v) is 6.05. The third kappa shape index (κ3) is 6.71. The molecule has 10 heteroatoms. The third-order valence-corrected chi connectivity index (χ3v) is 4.34. The molecule has 2 rings (SSSR count). The number of ether oxygens (including phenoxy) is 2. The molecule has 0 saturated carbocycles. The number of aliphatic imine (C=N–C) groups is 1. The van der Waals surface area contributed by atoms with Crippen molar-refractivity contribution in [2.75, 3.05) is 26.7 Å². The topological polar surface area (TPSA) is 63.2 Å². The molecular formula is C18H25F3IN3O3. The summed E-state index contributed by atoms with van der Waals surface area (Å²) in [5, 5.41) is 3.11. The number of halogens is 4. The van der Waals surface area contributed by atoms with Gasteiger partial charge in [-0.3, -0.25) is 4.79 Å². The highest BCUT2D eigenvalue weighted by molar-refractivity contribution is 14.0. The Morgan fingerprint density at radius 3 is 2.61 bits per heavy atom. The number of guanidine groups is 1. The summed E-state index contributed by atoms with van der Waals surface area (Å²) < 4.78 is 48.3. The second-order valence-electron chi connectivity index (χ2n) is 6.05. The monoisotopic (exact) mass is 515 g/mol. The van der Waals surface area contributed by atoms with E-state index in [9.17, 15) is 18.0 Å². The standard InChI is InChI=1S/C18H24F3N3O3.HI/c1-3-22-18(24-9-7-12(8-10-24)16(25)26-2)23-11-13-14(19)5-4-6-15(13)27-17(20)21;/h4-6,12,17H,3,7-11H2,1-2H3,(H,22,23);1H. The van der Waals surface area contributed by atoms with Crippen LogP contribution in [0.3, 0.4) is 0 Å². The number of hydrogen-bond acceptors (Lipinski definition) is 4. The van der Waals surface area contributed by atoms with Gasteiger partial charge in [-0.1, -0.05) is 6.07 Å². The van der Waals surface area contributed by atoms with Gasteiger partial charge in [-0.05, 0) is 31.9 Å². The molecule has 0 unspecified atom stereocenters. The van der Waals surface area contributed by atoms with Crippen LogP contribution in [0.5, 0.6) is 5.75 Å². The number of esters is 1. The van der Waals surface area contributed by atoms with Crippen molar-refractivity contribution >= 4 is 35.9 Å². The summed E-state index contributed by atoms with van der Waals surface area (Å²) in [6, 6.07) is 3.77. The van der Waals surface area contributed by atoms with Crippen LogP contribution in [-0.2, 0) is 16.1 Å². The van der Waals surface area contributed by atoms with Gasteiger partial charge in [0.2, 0.25) is 0 Å². The van der Waals surface area contributed by atoms with Crippen molar-refractivity contribution in [1.29, 1.82) is 0 Å². The minimum atomic E-state index is -3.04. The molecular weight excluding hydrogens is 490 g/mol. The summed E-state index contributed by atoms with van der Waals surface area (Å²) in [5.41, 5.74) is -0.0300. The van der Waals surface area contributed by atoms with E-state index in [0.29, 0.717) is 38.4 Å². The third-order valence-electron chi connectivity index (χ3n) is 4.34. The van der Waals surface area contributed by atoms with E-state index in [0.717, 1.165) is 0 Å². The Balaban J connectivity index is 0.00000392. The van der Waals surface area contributed by atoms with Gasteiger partial charge < -0.3 is 19.7 Å². The molecule has 1 aliphatic heterocycles. The summed E-state index contributed by atoms with van der Waals surface area (Å²) in [6.07, 6.45) is 1.24. The highest BCUT2D eigenvalue weighted by Gasteiger charge is 2.27. The first-order valence-corrected chi connectivity index (χ1v) is 8.79. The lowest BCUT2D eigenvalue weighted by Crippen LogP contribution is -2.46. The van der Waals surface area contributed by atoms with Crippen LogP contribution >= 0.6 is 24.0 Å². The fraction of sp³-hybridized carbons (Fsp3) is 0.556. The normalized spacial score (nSPS) is 15.2. The van der Waals surface area contributed by atoms with Gasteiger partial charge in [0.05, 0.1) is 25.1 Å². The molecule has 0 bridgehead atoms. The molecule has 6 nitrogen and oxygen atoms in total. The quantitative estimate of drug-likeness (QED) is 0.273. The van der Waals surface area contributed by atoms with E-state index in [4.69, 9.17) is 4.74 Å². The van der Waals surface area contributed by atoms with Crippen molar-refractivity contribution < 1.29 is 27.4 Å². The molecule has 1 aliphatic rings. The van der Waals surface area contributed by atoms with Gasteiger partial charge in [0.1, 0.15) is 11.6 Å². The number of carbonyl (C=O) groups excluding carboxylic acids is 1. The summed E-state index contributed by atoms with van der Waals surface area (Å²) in [4.78, 5) is 18.0. The van der Waals surface area contributed by atoms with E-state index in [-0.39, 0.29) is 53.7 Å². The number of carbonyl (C=O) groups is 1. The van der Waals surface area contributed by atoms with Crippen LogP contribution in [0.2, 0.25) is 0 Å². The molecule has 1 aromatic rings. The number of nitrogens with zero attached hydrogens (tertiary/aromatic N) is 2. The smallest absolute Gasteiger partial charge is 0.387 e. The molecule has 1 aromatic carbocycles. The first-order valence-electron chi connectivity index (χ1n) is 8.79. The van der Waals surface area contributed by atoms with Crippen LogP contribution in [0, 0.1) is 11.7 Å². The molecule has 158 valence electrons. The van der Waals surface area contributed by atoms with Crippen molar-refractivity contribution in [3.8, 4) is 5.75 Å². The number of hydrogen-bond donors (Lipinski definition) is 1. The lowest BCUT2D eigenvalue weighted by atomic mass is 9.97. The SMILES string of the molecule is CCNC(=NCc1c(F)cccc1OC(F)F)N1CCC(C(=O)OC)CC1.I. The predicted octanol–water partition coefficient (Wildman–Crippen LogP) is 3.40. The molecule has 1 fully saturated rings. The van der Waals surface area contributed by atoms with Gasteiger partial charge in [-0.15, -0.1) is 24.0 Å². The van der Waals surface area contributed by atoms with Crippen LogP contribution < -0.4 is 10.1 Å². The molecule has 1 N–H and O–H groups in total. The van der Waals surface area contributed by atoms with E-state index < -0.39 is 12.4 Å². The minimum absolute atomic E-state index is 0. The highest BCUT2D eigenvalue weighted by Crippen LogP contribution is 2.25. The number of nitrogens with one attached hydrogen (secondary N) is 1. The minimum Gasteiger partial charge on any atom is -0.469 e. The Bertz CT molecular complexity index is 669. The lowest BCUT2D eigenvalue weighted by Gasteiger charge is -2.33. The van der Waals surface area contributed by atoms with Gasteiger partial charge in [0.25, 0.3) is 0 Å². The van der Waals surface area contributed by atoms with Gasteiger partial charge in [-0.2, -0.15) is 8.78 Å². The molecule has 0 aliphatic carbocycles. The van der Waals surface area contributed by atoms with Crippen molar-refractivity contribution in [2.45, 2.75) is 32.9 Å².